The predicted molar refractivity (Wildman–Crippen MR) is 55.8 cm³/mol. The van der Waals surface area contributed by atoms with E-state index in [-0.39, 0.29) is 12.0 Å². The predicted octanol–water partition coefficient (Wildman–Crippen LogP) is 2.18. The van der Waals surface area contributed by atoms with Crippen LogP contribution < -0.4 is 4.74 Å². The van der Waals surface area contributed by atoms with E-state index in [9.17, 15) is 13.2 Å². The molecule has 0 aromatic carbocycles. The third-order valence-electron chi connectivity index (χ3n) is 2.65. The van der Waals surface area contributed by atoms with Crippen LogP contribution in [0.2, 0.25) is 0 Å². The van der Waals surface area contributed by atoms with Gasteiger partial charge in [-0.05, 0) is 19.5 Å². The van der Waals surface area contributed by atoms with Gasteiger partial charge in [0.15, 0.2) is 0 Å². The number of likely N-dealkylation sites (N-methyl/N-ethyl adjacent to an activating group) is 1. The monoisotopic (exact) mass is 246 g/mol. The molecule has 3 nitrogen and oxygen atoms in total. The zero-order valence-electron chi connectivity index (χ0n) is 9.37. The Morgan fingerprint density at radius 2 is 2.18 bits per heavy atom. The van der Waals surface area contributed by atoms with Crippen LogP contribution in [-0.4, -0.2) is 36.1 Å². The molecule has 0 aliphatic carbocycles. The number of hydrogen-bond donors (Lipinski definition) is 0. The van der Waals surface area contributed by atoms with Crippen LogP contribution in [0, 0.1) is 0 Å². The lowest BCUT2D eigenvalue weighted by Gasteiger charge is -2.14. The molecule has 0 amide bonds. The fourth-order valence-electron chi connectivity index (χ4n) is 1.80. The van der Waals surface area contributed by atoms with Gasteiger partial charge in [-0.2, -0.15) is 13.2 Å². The van der Waals surface area contributed by atoms with Gasteiger partial charge in [0, 0.05) is 19.2 Å². The van der Waals surface area contributed by atoms with Crippen LogP contribution in [0.25, 0.3) is 0 Å². The van der Waals surface area contributed by atoms with Crippen molar-refractivity contribution in [3.8, 4) is 5.88 Å². The summed E-state index contributed by atoms with van der Waals surface area (Å²) in [4.78, 5) is 5.53. The maximum absolute atomic E-state index is 12.4. The first-order chi connectivity index (χ1) is 7.95. The smallest absolute Gasteiger partial charge is 0.433 e. The summed E-state index contributed by atoms with van der Waals surface area (Å²) in [5, 5.41) is 0. The van der Waals surface area contributed by atoms with Gasteiger partial charge in [-0.3, -0.25) is 0 Å². The quantitative estimate of drug-likeness (QED) is 0.799. The SMILES string of the molecule is CN1CCC(Oc2cccc(C(F)(F)F)n2)C1. The molecule has 0 saturated carbocycles. The lowest BCUT2D eigenvalue weighted by Crippen LogP contribution is -2.22. The molecule has 17 heavy (non-hydrogen) atoms. The highest BCUT2D eigenvalue weighted by molar-refractivity contribution is 5.18. The lowest BCUT2D eigenvalue weighted by atomic mass is 10.3. The third-order valence-corrected chi connectivity index (χ3v) is 2.65. The Morgan fingerprint density at radius 1 is 1.41 bits per heavy atom. The largest absolute Gasteiger partial charge is 0.473 e. The molecule has 2 rings (SSSR count). The van der Waals surface area contributed by atoms with Crippen LogP contribution in [0.4, 0.5) is 13.2 Å². The summed E-state index contributed by atoms with van der Waals surface area (Å²) in [6.45, 7) is 1.61. The van der Waals surface area contributed by atoms with E-state index >= 15 is 0 Å². The Hall–Kier alpha value is -1.30. The summed E-state index contributed by atoms with van der Waals surface area (Å²) in [5.41, 5.74) is -0.915. The number of likely N-dealkylation sites (tertiary alicyclic amines) is 1. The fraction of sp³-hybridized carbons (Fsp3) is 0.545. The van der Waals surface area contributed by atoms with Crippen molar-refractivity contribution < 1.29 is 17.9 Å². The van der Waals surface area contributed by atoms with Crippen molar-refractivity contribution in [3.05, 3.63) is 23.9 Å². The second kappa shape index (κ2) is 4.52. The molecule has 1 aromatic rings. The number of rotatable bonds is 2. The summed E-state index contributed by atoms with van der Waals surface area (Å²) in [6.07, 6.45) is -3.68. The van der Waals surface area contributed by atoms with Crippen LogP contribution in [0.5, 0.6) is 5.88 Å². The number of ether oxygens (including phenoxy) is 1. The van der Waals surface area contributed by atoms with E-state index in [1.807, 2.05) is 7.05 Å². The van der Waals surface area contributed by atoms with Gasteiger partial charge >= 0.3 is 6.18 Å². The molecule has 1 aliphatic heterocycles. The molecule has 1 saturated heterocycles. The first kappa shape index (κ1) is 12.2. The van der Waals surface area contributed by atoms with Crippen molar-refractivity contribution in [1.82, 2.24) is 9.88 Å². The van der Waals surface area contributed by atoms with Crippen LogP contribution >= 0.6 is 0 Å². The van der Waals surface area contributed by atoms with Gasteiger partial charge in [0.25, 0.3) is 0 Å². The van der Waals surface area contributed by atoms with Gasteiger partial charge in [0.2, 0.25) is 5.88 Å². The molecule has 1 atom stereocenters. The van der Waals surface area contributed by atoms with Crippen molar-refractivity contribution >= 4 is 0 Å². The van der Waals surface area contributed by atoms with Crippen LogP contribution in [0.3, 0.4) is 0 Å². The van der Waals surface area contributed by atoms with Gasteiger partial charge in [0.05, 0.1) is 0 Å². The van der Waals surface area contributed by atoms with E-state index in [1.54, 1.807) is 0 Å². The summed E-state index contributed by atoms with van der Waals surface area (Å²) in [7, 11) is 1.95. The Balaban J connectivity index is 2.06. The van der Waals surface area contributed by atoms with E-state index in [0.29, 0.717) is 0 Å². The van der Waals surface area contributed by atoms with Gasteiger partial charge in [0.1, 0.15) is 11.8 Å². The van der Waals surface area contributed by atoms with Gasteiger partial charge in [-0.15, -0.1) is 0 Å². The highest BCUT2D eigenvalue weighted by Gasteiger charge is 2.33. The Morgan fingerprint density at radius 3 is 2.76 bits per heavy atom. The van der Waals surface area contributed by atoms with Gasteiger partial charge in [-0.25, -0.2) is 4.98 Å². The standard InChI is InChI=1S/C11H13F3N2O/c1-16-6-5-8(7-16)17-10-4-2-3-9(15-10)11(12,13)14/h2-4,8H,5-7H2,1H3. The number of hydrogen-bond acceptors (Lipinski definition) is 3. The van der Waals surface area contributed by atoms with E-state index in [4.69, 9.17) is 4.74 Å². The molecular weight excluding hydrogens is 233 g/mol. The Bertz CT molecular complexity index is 395. The minimum atomic E-state index is -4.42. The van der Waals surface area contributed by atoms with Crippen LogP contribution in [0.15, 0.2) is 18.2 Å². The van der Waals surface area contributed by atoms with Crippen LogP contribution in [-0.2, 0) is 6.18 Å². The molecule has 0 N–H and O–H groups in total. The summed E-state index contributed by atoms with van der Waals surface area (Å²) < 4.78 is 42.7. The lowest BCUT2D eigenvalue weighted by molar-refractivity contribution is -0.141. The number of alkyl halides is 3. The molecule has 6 heteroatoms. The molecule has 2 heterocycles. The Labute approximate surface area is 97.2 Å². The molecule has 1 aliphatic rings. The maximum atomic E-state index is 12.4. The van der Waals surface area contributed by atoms with E-state index in [0.717, 1.165) is 25.6 Å². The molecule has 1 unspecified atom stereocenters. The van der Waals surface area contributed by atoms with Crippen molar-refractivity contribution in [1.29, 1.82) is 0 Å². The third kappa shape index (κ3) is 3.09. The number of aromatic nitrogens is 1. The van der Waals surface area contributed by atoms with Crippen molar-refractivity contribution in [2.24, 2.45) is 0 Å². The first-order valence-corrected chi connectivity index (χ1v) is 5.34. The Kier molecular flexibility index (Phi) is 3.24. The molecule has 0 radical (unpaired) electrons. The average molecular weight is 246 g/mol. The van der Waals surface area contributed by atoms with Crippen molar-refractivity contribution in [3.63, 3.8) is 0 Å². The molecular formula is C11H13F3N2O. The minimum Gasteiger partial charge on any atom is -0.473 e. The van der Waals surface area contributed by atoms with Crippen molar-refractivity contribution in [2.75, 3.05) is 20.1 Å². The summed E-state index contributed by atoms with van der Waals surface area (Å²) in [6, 6.07) is 3.70. The normalized spacial score (nSPS) is 21.8. The molecule has 1 aromatic heterocycles. The summed E-state index contributed by atoms with van der Waals surface area (Å²) >= 11 is 0. The molecule has 1 fully saturated rings. The van der Waals surface area contributed by atoms with E-state index < -0.39 is 11.9 Å². The summed E-state index contributed by atoms with van der Waals surface area (Å²) in [5.74, 6) is 0.0418. The zero-order valence-corrected chi connectivity index (χ0v) is 9.37. The number of halogens is 3. The highest BCUT2D eigenvalue weighted by atomic mass is 19.4. The maximum Gasteiger partial charge on any atom is 0.433 e. The second-order valence-electron chi connectivity index (χ2n) is 4.15. The fourth-order valence-corrected chi connectivity index (χ4v) is 1.80. The average Bonchev–Trinajstić information content (AvgIpc) is 2.63. The van der Waals surface area contributed by atoms with E-state index in [2.05, 4.69) is 9.88 Å². The zero-order chi connectivity index (χ0) is 12.5. The molecule has 0 spiro atoms. The van der Waals surface area contributed by atoms with Gasteiger partial charge in [-0.1, -0.05) is 6.07 Å². The highest BCUT2D eigenvalue weighted by Crippen LogP contribution is 2.29. The van der Waals surface area contributed by atoms with E-state index in [1.165, 1.54) is 12.1 Å². The topological polar surface area (TPSA) is 25.4 Å². The second-order valence-corrected chi connectivity index (χ2v) is 4.15. The van der Waals surface area contributed by atoms with Crippen LogP contribution in [0.1, 0.15) is 12.1 Å². The van der Waals surface area contributed by atoms with Crippen molar-refractivity contribution in [2.45, 2.75) is 18.7 Å². The number of nitrogens with zero attached hydrogens (tertiary/aromatic N) is 2. The molecule has 94 valence electrons. The first-order valence-electron chi connectivity index (χ1n) is 5.34. The molecule has 0 bridgehead atoms. The minimum absolute atomic E-state index is 0.0418. The number of pyridine rings is 1. The van der Waals surface area contributed by atoms with Gasteiger partial charge < -0.3 is 9.64 Å².